The molecule has 7 heteroatoms. The number of anilines is 2. The molecular formula is C29H29ClFN3O2. The molecule has 3 aromatic carbocycles. The average molecular weight is 506 g/mol. The molecule has 1 aliphatic rings. The molecule has 0 saturated heterocycles. The normalized spacial score (nSPS) is 16.1. The van der Waals surface area contributed by atoms with Crippen LogP contribution in [0.1, 0.15) is 43.9 Å². The minimum absolute atomic E-state index is 0.129. The number of para-hydroxylation sites is 1. The van der Waals surface area contributed by atoms with Gasteiger partial charge in [-0.3, -0.25) is 14.6 Å². The van der Waals surface area contributed by atoms with Crippen LogP contribution < -0.4 is 10.2 Å². The Kier molecular flexibility index (Phi) is 7.85. The fraction of sp³-hybridized carbons (Fsp3) is 0.276. The number of carbonyl (C=O) groups excluding carboxylic acids is 2. The number of hydrogen-bond donors (Lipinski definition) is 1. The van der Waals surface area contributed by atoms with E-state index in [1.54, 1.807) is 36.4 Å². The molecule has 0 spiro atoms. The Balaban J connectivity index is 1.80. The van der Waals surface area contributed by atoms with Crippen molar-refractivity contribution in [2.75, 3.05) is 16.8 Å². The van der Waals surface area contributed by atoms with Gasteiger partial charge in [-0.2, -0.15) is 0 Å². The summed E-state index contributed by atoms with van der Waals surface area (Å²) in [5.41, 5.74) is 3.33. The molecule has 1 aliphatic heterocycles. The van der Waals surface area contributed by atoms with Crippen LogP contribution in [0.25, 0.3) is 0 Å². The number of aliphatic imine (C=N–C) groups is 1. The molecule has 0 unspecified atom stereocenters. The molecular weight excluding hydrogens is 477 g/mol. The van der Waals surface area contributed by atoms with E-state index in [2.05, 4.69) is 5.32 Å². The number of rotatable bonds is 7. The number of nitrogens with zero attached hydrogens (tertiary/aromatic N) is 2. The minimum atomic E-state index is -0.786. The lowest BCUT2D eigenvalue weighted by molar-refractivity contribution is -0.123. The van der Waals surface area contributed by atoms with Gasteiger partial charge in [-0.25, -0.2) is 4.39 Å². The molecule has 186 valence electrons. The van der Waals surface area contributed by atoms with Crippen molar-refractivity contribution < 1.29 is 14.0 Å². The second-order valence-corrected chi connectivity index (χ2v) is 9.37. The van der Waals surface area contributed by atoms with Crippen LogP contribution in [0.3, 0.4) is 0 Å². The van der Waals surface area contributed by atoms with Crippen molar-refractivity contribution >= 4 is 40.5 Å². The molecule has 5 nitrogen and oxygen atoms in total. The quantitative estimate of drug-likeness (QED) is 0.411. The van der Waals surface area contributed by atoms with E-state index >= 15 is 0 Å². The standard InChI is InChI=1S/C29H29ClFN3O2/c1-4-18(3)27-29(36)34(17-26(35)32-24-13-9-6-10-19(24)5-2)25-15-14-20(30)16-22(25)28(33-27)21-11-7-8-12-23(21)31/h6-16,18,27H,4-5,17H2,1-3H3,(H,32,35)/t18-,27-/m0/s1. The highest BCUT2D eigenvalue weighted by atomic mass is 35.5. The highest BCUT2D eigenvalue weighted by molar-refractivity contribution is 6.32. The molecule has 1 N–H and O–H groups in total. The van der Waals surface area contributed by atoms with Crippen LogP contribution in [0.5, 0.6) is 0 Å². The van der Waals surface area contributed by atoms with Crippen LogP contribution in [-0.2, 0) is 16.0 Å². The van der Waals surface area contributed by atoms with Gasteiger partial charge in [0.25, 0.3) is 5.91 Å². The van der Waals surface area contributed by atoms with Crippen LogP contribution in [0, 0.1) is 11.7 Å². The zero-order valence-corrected chi connectivity index (χ0v) is 21.3. The van der Waals surface area contributed by atoms with Crippen molar-refractivity contribution in [1.82, 2.24) is 0 Å². The molecule has 0 fully saturated rings. The summed E-state index contributed by atoms with van der Waals surface area (Å²) in [7, 11) is 0. The molecule has 0 aliphatic carbocycles. The molecule has 1 heterocycles. The van der Waals surface area contributed by atoms with Crippen LogP contribution >= 0.6 is 11.6 Å². The Labute approximate surface area is 216 Å². The molecule has 4 rings (SSSR count). The number of aryl methyl sites for hydroxylation is 1. The summed E-state index contributed by atoms with van der Waals surface area (Å²) in [4.78, 5) is 33.3. The SMILES string of the molecule is CCc1ccccc1NC(=O)CN1C(=O)[C@H]([C@@H](C)CC)N=C(c2ccccc2F)c2cc(Cl)ccc21. The van der Waals surface area contributed by atoms with Crippen molar-refractivity contribution in [3.63, 3.8) is 0 Å². The number of hydrogen-bond acceptors (Lipinski definition) is 3. The maximum Gasteiger partial charge on any atom is 0.252 e. The summed E-state index contributed by atoms with van der Waals surface area (Å²) in [5, 5.41) is 3.37. The van der Waals surface area contributed by atoms with Crippen molar-refractivity contribution in [3.8, 4) is 0 Å². The summed E-state index contributed by atoms with van der Waals surface area (Å²) in [6.07, 6.45) is 1.45. The lowest BCUT2D eigenvalue weighted by Gasteiger charge is -2.27. The third kappa shape index (κ3) is 5.19. The first-order valence-corrected chi connectivity index (χ1v) is 12.5. The summed E-state index contributed by atoms with van der Waals surface area (Å²) in [6, 6.07) is 18.2. The van der Waals surface area contributed by atoms with E-state index in [1.165, 1.54) is 11.0 Å². The predicted octanol–water partition coefficient (Wildman–Crippen LogP) is 6.28. The second kappa shape index (κ2) is 11.0. The first-order valence-electron chi connectivity index (χ1n) is 12.2. The van der Waals surface area contributed by atoms with E-state index in [-0.39, 0.29) is 29.8 Å². The maximum absolute atomic E-state index is 15.0. The fourth-order valence-corrected chi connectivity index (χ4v) is 4.56. The Morgan fingerprint density at radius 2 is 1.81 bits per heavy atom. The van der Waals surface area contributed by atoms with Gasteiger partial charge in [-0.1, -0.05) is 69.1 Å². The topological polar surface area (TPSA) is 61.8 Å². The first-order chi connectivity index (χ1) is 17.3. The van der Waals surface area contributed by atoms with E-state index in [9.17, 15) is 14.0 Å². The summed E-state index contributed by atoms with van der Waals surface area (Å²) in [5.74, 6) is -1.21. The smallest absolute Gasteiger partial charge is 0.252 e. The van der Waals surface area contributed by atoms with Crippen molar-refractivity contribution in [1.29, 1.82) is 0 Å². The molecule has 3 aromatic rings. The van der Waals surface area contributed by atoms with Gasteiger partial charge in [-0.05, 0) is 54.3 Å². The van der Waals surface area contributed by atoms with E-state index in [0.717, 1.165) is 12.0 Å². The van der Waals surface area contributed by atoms with Gasteiger partial charge in [0.05, 0.1) is 11.4 Å². The largest absolute Gasteiger partial charge is 0.324 e. The van der Waals surface area contributed by atoms with Gasteiger partial charge in [0, 0.05) is 21.8 Å². The average Bonchev–Trinajstić information content (AvgIpc) is 2.99. The minimum Gasteiger partial charge on any atom is -0.324 e. The van der Waals surface area contributed by atoms with Gasteiger partial charge in [-0.15, -0.1) is 0 Å². The highest BCUT2D eigenvalue weighted by Gasteiger charge is 2.36. The van der Waals surface area contributed by atoms with E-state index in [1.807, 2.05) is 45.0 Å². The van der Waals surface area contributed by atoms with Crippen LogP contribution in [-0.4, -0.2) is 30.1 Å². The van der Waals surface area contributed by atoms with Crippen molar-refractivity contribution in [3.05, 3.63) is 94.3 Å². The monoisotopic (exact) mass is 505 g/mol. The number of carbonyl (C=O) groups is 2. The van der Waals surface area contributed by atoms with E-state index in [4.69, 9.17) is 16.6 Å². The first kappa shape index (κ1) is 25.6. The molecule has 0 radical (unpaired) electrons. The zero-order chi connectivity index (χ0) is 25.8. The van der Waals surface area contributed by atoms with E-state index < -0.39 is 11.9 Å². The molecule has 2 amide bonds. The molecule has 36 heavy (non-hydrogen) atoms. The molecule has 0 aromatic heterocycles. The summed E-state index contributed by atoms with van der Waals surface area (Å²) < 4.78 is 15.0. The second-order valence-electron chi connectivity index (χ2n) is 8.93. The number of benzene rings is 3. The Hall–Kier alpha value is -3.51. The number of halogens is 2. The maximum atomic E-state index is 15.0. The summed E-state index contributed by atoms with van der Waals surface area (Å²) >= 11 is 6.35. The third-order valence-electron chi connectivity index (χ3n) is 6.58. The van der Waals surface area contributed by atoms with Crippen LogP contribution in [0.2, 0.25) is 5.02 Å². The highest BCUT2D eigenvalue weighted by Crippen LogP contribution is 2.33. The number of benzodiazepines with no additional fused rings is 1. The van der Waals surface area contributed by atoms with Crippen molar-refractivity contribution in [2.24, 2.45) is 10.9 Å². The molecule has 0 bridgehead atoms. The Morgan fingerprint density at radius 1 is 1.08 bits per heavy atom. The van der Waals surface area contributed by atoms with Gasteiger partial charge >= 0.3 is 0 Å². The van der Waals surface area contributed by atoms with Gasteiger partial charge in [0.1, 0.15) is 18.4 Å². The zero-order valence-electron chi connectivity index (χ0n) is 20.6. The number of fused-ring (bicyclic) bond motifs is 1. The number of amides is 2. The fourth-order valence-electron chi connectivity index (χ4n) is 4.38. The molecule has 2 atom stereocenters. The lowest BCUT2D eigenvalue weighted by Crippen LogP contribution is -2.44. The molecule has 0 saturated carbocycles. The van der Waals surface area contributed by atoms with Gasteiger partial charge in [0.2, 0.25) is 5.91 Å². The summed E-state index contributed by atoms with van der Waals surface area (Å²) in [6.45, 7) is 5.72. The lowest BCUT2D eigenvalue weighted by atomic mass is 9.97. The number of nitrogens with one attached hydrogen (secondary N) is 1. The van der Waals surface area contributed by atoms with Crippen LogP contribution in [0.15, 0.2) is 71.7 Å². The van der Waals surface area contributed by atoms with Gasteiger partial charge < -0.3 is 10.2 Å². The third-order valence-corrected chi connectivity index (χ3v) is 6.81. The Morgan fingerprint density at radius 3 is 2.53 bits per heavy atom. The van der Waals surface area contributed by atoms with Crippen molar-refractivity contribution in [2.45, 2.75) is 39.7 Å². The van der Waals surface area contributed by atoms with Gasteiger partial charge in [0.15, 0.2) is 0 Å². The van der Waals surface area contributed by atoms with Crippen LogP contribution in [0.4, 0.5) is 15.8 Å². The predicted molar refractivity (Wildman–Crippen MR) is 144 cm³/mol. The Bertz CT molecular complexity index is 1320. The van der Waals surface area contributed by atoms with E-state index in [0.29, 0.717) is 34.1 Å².